The number of benzene rings is 1. The number of nitrogen functional groups attached to an aromatic ring is 1. The number of anilines is 2. The monoisotopic (exact) mass is 227 g/mol. The van der Waals surface area contributed by atoms with Crippen molar-refractivity contribution in [2.24, 2.45) is 0 Å². The summed E-state index contributed by atoms with van der Waals surface area (Å²) < 4.78 is 16.0. The molecule has 0 amide bonds. The van der Waals surface area contributed by atoms with Crippen LogP contribution in [0.3, 0.4) is 0 Å². The Bertz CT molecular complexity index is 355. The van der Waals surface area contributed by atoms with Crippen molar-refractivity contribution in [2.75, 3.05) is 37.5 Å². The second-order valence-electron chi connectivity index (χ2n) is 3.24. The van der Waals surface area contributed by atoms with Gasteiger partial charge in [0.15, 0.2) is 6.16 Å². The minimum Gasteiger partial charge on any atom is -0.495 e. The van der Waals surface area contributed by atoms with Crippen molar-refractivity contribution in [3.63, 3.8) is 0 Å². The second kappa shape index (κ2) is 5.56. The van der Waals surface area contributed by atoms with Gasteiger partial charge in [-0.25, -0.2) is 0 Å². The summed E-state index contributed by atoms with van der Waals surface area (Å²) in [7, 11) is 0.499. The van der Waals surface area contributed by atoms with Crippen molar-refractivity contribution in [1.29, 1.82) is 0 Å². The summed E-state index contributed by atoms with van der Waals surface area (Å²) in [5, 5.41) is 3.16. The molecule has 0 aliphatic rings. The Morgan fingerprint density at radius 2 is 2.27 bits per heavy atom. The van der Waals surface area contributed by atoms with Gasteiger partial charge in [0.05, 0.1) is 19.3 Å². The van der Waals surface area contributed by atoms with Crippen molar-refractivity contribution in [1.82, 2.24) is 0 Å². The summed E-state index contributed by atoms with van der Waals surface area (Å²) >= 11 is 0. The molecule has 4 nitrogen and oxygen atoms in total. The molecule has 0 bridgehead atoms. The molecule has 1 aromatic carbocycles. The summed E-state index contributed by atoms with van der Waals surface area (Å²) in [6, 6.07) is 5.49. The molecule has 1 atom stereocenters. The fourth-order valence-corrected chi connectivity index (χ4v) is 1.61. The van der Waals surface area contributed by atoms with Crippen LogP contribution < -0.4 is 15.8 Å². The highest BCUT2D eigenvalue weighted by Gasteiger charge is 2.05. The predicted octanol–water partition coefficient (Wildman–Crippen LogP) is 2.15. The maximum absolute atomic E-state index is 10.9. The summed E-state index contributed by atoms with van der Waals surface area (Å²) in [5.74, 6) is 0.654. The molecule has 0 aromatic heterocycles. The van der Waals surface area contributed by atoms with Gasteiger partial charge in [-0.1, -0.05) is 4.57 Å². The number of hydrogen-bond acceptors (Lipinski definition) is 4. The number of nitrogens with one attached hydrogen (secondary N) is 1. The van der Waals surface area contributed by atoms with Gasteiger partial charge in [-0.15, -0.1) is 0 Å². The fraction of sp³-hybridized carbons (Fsp3) is 0.400. The van der Waals surface area contributed by atoms with Crippen LogP contribution >= 0.6 is 7.80 Å². The first-order valence-corrected chi connectivity index (χ1v) is 6.58. The van der Waals surface area contributed by atoms with Crippen LogP contribution in [-0.2, 0) is 4.57 Å². The molecule has 0 saturated carbocycles. The molecule has 0 radical (unpaired) electrons. The molecule has 0 aliphatic heterocycles. The molecule has 0 fully saturated rings. The average molecular weight is 227 g/mol. The number of methoxy groups -OCH3 is 1. The third-order valence-electron chi connectivity index (χ3n) is 1.99. The number of rotatable bonds is 5. The summed E-state index contributed by atoms with van der Waals surface area (Å²) in [6.45, 7) is 2.42. The van der Waals surface area contributed by atoms with Gasteiger partial charge in [-0.2, -0.15) is 0 Å². The third-order valence-corrected chi connectivity index (χ3v) is 2.84. The lowest BCUT2D eigenvalue weighted by molar-refractivity contribution is 0.417. The van der Waals surface area contributed by atoms with E-state index >= 15 is 0 Å². The van der Waals surface area contributed by atoms with E-state index in [0.717, 1.165) is 5.69 Å². The van der Waals surface area contributed by atoms with E-state index in [1.165, 1.54) is 0 Å². The number of ether oxygens (including phenoxy) is 1. The molecule has 0 saturated heterocycles. The normalized spacial score (nSPS) is 10.9. The molecule has 3 N–H and O–H groups in total. The number of hydrogen-bond donors (Lipinski definition) is 2. The molecule has 82 valence electrons. The van der Waals surface area contributed by atoms with Crippen LogP contribution in [0, 0.1) is 0 Å². The van der Waals surface area contributed by atoms with E-state index in [1.807, 2.05) is 12.1 Å². The van der Waals surface area contributed by atoms with Gasteiger partial charge in [0.1, 0.15) is 12.4 Å². The van der Waals surface area contributed by atoms with E-state index in [2.05, 4.69) is 5.32 Å². The molecular formula is C10H16N2O2P+. The van der Waals surface area contributed by atoms with E-state index in [9.17, 15) is 4.57 Å². The summed E-state index contributed by atoms with van der Waals surface area (Å²) in [4.78, 5) is 0. The van der Waals surface area contributed by atoms with Crippen LogP contribution in [0.2, 0.25) is 0 Å². The quantitative estimate of drug-likeness (QED) is 0.597. The van der Waals surface area contributed by atoms with Crippen LogP contribution in [-0.4, -0.2) is 26.5 Å². The van der Waals surface area contributed by atoms with E-state index in [1.54, 1.807) is 19.8 Å². The van der Waals surface area contributed by atoms with Crippen LogP contribution in [0.25, 0.3) is 0 Å². The van der Waals surface area contributed by atoms with E-state index in [4.69, 9.17) is 10.5 Å². The van der Waals surface area contributed by atoms with Crippen molar-refractivity contribution >= 4 is 19.2 Å². The molecule has 5 heteroatoms. The SMILES string of the molecule is COc1cc(NCC[P+](C)=O)ccc1N. The molecule has 1 rings (SSSR count). The molecule has 0 heterocycles. The second-order valence-corrected chi connectivity index (χ2v) is 4.94. The molecule has 0 aliphatic carbocycles. The molecule has 0 spiro atoms. The Morgan fingerprint density at radius 1 is 1.53 bits per heavy atom. The highest BCUT2D eigenvalue weighted by atomic mass is 31.1. The first-order chi connectivity index (χ1) is 7.13. The lowest BCUT2D eigenvalue weighted by Crippen LogP contribution is -2.04. The first-order valence-electron chi connectivity index (χ1n) is 4.69. The Labute approximate surface area is 90.6 Å². The fourth-order valence-electron chi connectivity index (χ4n) is 1.18. The van der Waals surface area contributed by atoms with Crippen molar-refractivity contribution < 1.29 is 9.30 Å². The van der Waals surface area contributed by atoms with E-state index in [0.29, 0.717) is 24.1 Å². The maximum Gasteiger partial charge on any atom is 0.337 e. The van der Waals surface area contributed by atoms with Gasteiger partial charge >= 0.3 is 7.80 Å². The minimum absolute atomic E-state index is 0.615. The summed E-state index contributed by atoms with van der Waals surface area (Å²) in [5.41, 5.74) is 7.22. The Balaban J connectivity index is 2.58. The van der Waals surface area contributed by atoms with Crippen LogP contribution in [0.1, 0.15) is 0 Å². The molecule has 1 aromatic rings. The molecule has 1 unspecified atom stereocenters. The van der Waals surface area contributed by atoms with Crippen LogP contribution in [0.5, 0.6) is 5.75 Å². The Kier molecular flexibility index (Phi) is 4.37. The maximum atomic E-state index is 10.9. The van der Waals surface area contributed by atoms with Gasteiger partial charge in [-0.3, -0.25) is 0 Å². The highest BCUT2D eigenvalue weighted by molar-refractivity contribution is 7.43. The van der Waals surface area contributed by atoms with E-state index < -0.39 is 7.80 Å². The Morgan fingerprint density at radius 3 is 2.87 bits per heavy atom. The van der Waals surface area contributed by atoms with Crippen LogP contribution in [0.4, 0.5) is 11.4 Å². The standard InChI is InChI=1S/C10H16N2O2P/c1-14-10-7-8(3-4-9(10)11)12-5-6-15(2)13/h3-4,7,12H,5-6,11H2,1-2H3/q+1. The third kappa shape index (κ3) is 3.76. The lowest BCUT2D eigenvalue weighted by Gasteiger charge is -2.08. The Hall–Kier alpha value is -1.28. The largest absolute Gasteiger partial charge is 0.495 e. The van der Waals surface area contributed by atoms with Gasteiger partial charge < -0.3 is 15.8 Å². The molecular weight excluding hydrogens is 211 g/mol. The molecule has 15 heavy (non-hydrogen) atoms. The zero-order valence-electron chi connectivity index (χ0n) is 8.99. The number of nitrogens with two attached hydrogens (primary N) is 1. The van der Waals surface area contributed by atoms with Gasteiger partial charge in [0.2, 0.25) is 0 Å². The van der Waals surface area contributed by atoms with Gasteiger partial charge in [0.25, 0.3) is 0 Å². The zero-order chi connectivity index (χ0) is 11.3. The topological polar surface area (TPSA) is 64.3 Å². The van der Waals surface area contributed by atoms with Gasteiger partial charge in [0, 0.05) is 11.8 Å². The van der Waals surface area contributed by atoms with Crippen LogP contribution in [0.15, 0.2) is 18.2 Å². The smallest absolute Gasteiger partial charge is 0.337 e. The average Bonchev–Trinajstić information content (AvgIpc) is 2.20. The lowest BCUT2D eigenvalue weighted by atomic mass is 10.2. The van der Waals surface area contributed by atoms with E-state index in [-0.39, 0.29) is 0 Å². The van der Waals surface area contributed by atoms with Gasteiger partial charge in [-0.05, 0) is 12.1 Å². The van der Waals surface area contributed by atoms with Crippen molar-refractivity contribution in [3.8, 4) is 5.75 Å². The minimum atomic E-state index is -1.08. The summed E-state index contributed by atoms with van der Waals surface area (Å²) in [6.07, 6.45) is 0.669. The zero-order valence-corrected chi connectivity index (χ0v) is 9.88. The predicted molar refractivity (Wildman–Crippen MR) is 64.3 cm³/mol. The van der Waals surface area contributed by atoms with Crippen molar-refractivity contribution in [3.05, 3.63) is 18.2 Å². The van der Waals surface area contributed by atoms with Crippen molar-refractivity contribution in [2.45, 2.75) is 0 Å². The highest BCUT2D eigenvalue weighted by Crippen LogP contribution is 2.25. The first kappa shape index (κ1) is 11.8.